The van der Waals surface area contributed by atoms with Gasteiger partial charge in [0.2, 0.25) is 0 Å². The van der Waals surface area contributed by atoms with Gasteiger partial charge in [0.25, 0.3) is 0 Å². The molecule has 2 fully saturated rings. The predicted octanol–water partition coefficient (Wildman–Crippen LogP) is 1.94. The molecule has 4 atom stereocenters. The third-order valence-corrected chi connectivity index (χ3v) is 3.74. The molecule has 1 aliphatic heterocycles. The van der Waals surface area contributed by atoms with E-state index in [0.717, 1.165) is 6.42 Å². The van der Waals surface area contributed by atoms with Gasteiger partial charge >= 0.3 is 6.18 Å². The van der Waals surface area contributed by atoms with Crippen molar-refractivity contribution >= 4 is 0 Å². The molecule has 2 rings (SSSR count). The first-order valence-corrected chi connectivity index (χ1v) is 5.40. The van der Waals surface area contributed by atoms with Gasteiger partial charge in [-0.15, -0.1) is 0 Å². The standard InChI is InChI=1S/C10H16F3NO/c11-10(12,13)7-3-6(5-14)8-1-2-15-9(8)4-7/h6-9H,1-5,14H2. The summed E-state index contributed by atoms with van der Waals surface area (Å²) in [6.07, 6.45) is -3.12. The maximum absolute atomic E-state index is 12.6. The van der Waals surface area contributed by atoms with Crippen LogP contribution in [0.4, 0.5) is 13.2 Å². The Hall–Kier alpha value is -0.290. The van der Waals surface area contributed by atoms with E-state index in [0.29, 0.717) is 13.2 Å². The zero-order chi connectivity index (χ0) is 11.1. The van der Waals surface area contributed by atoms with Crippen molar-refractivity contribution in [3.63, 3.8) is 0 Å². The number of nitrogens with two attached hydrogens (primary N) is 1. The van der Waals surface area contributed by atoms with Gasteiger partial charge in [0.05, 0.1) is 12.0 Å². The molecule has 4 unspecified atom stereocenters. The number of alkyl halides is 3. The van der Waals surface area contributed by atoms with Crippen molar-refractivity contribution in [3.05, 3.63) is 0 Å². The number of rotatable bonds is 1. The number of ether oxygens (including phenoxy) is 1. The van der Waals surface area contributed by atoms with Crippen LogP contribution in [0.5, 0.6) is 0 Å². The Morgan fingerprint density at radius 2 is 2.00 bits per heavy atom. The average Bonchev–Trinajstić information content (AvgIpc) is 2.62. The Morgan fingerprint density at radius 3 is 2.60 bits per heavy atom. The average molecular weight is 223 g/mol. The quantitative estimate of drug-likeness (QED) is 0.737. The third-order valence-electron chi connectivity index (χ3n) is 3.74. The fourth-order valence-electron chi connectivity index (χ4n) is 2.90. The van der Waals surface area contributed by atoms with Gasteiger partial charge < -0.3 is 10.5 Å². The molecule has 0 bridgehead atoms. The molecule has 0 amide bonds. The predicted molar refractivity (Wildman–Crippen MR) is 49.2 cm³/mol. The van der Waals surface area contributed by atoms with E-state index < -0.39 is 12.1 Å². The lowest BCUT2D eigenvalue weighted by Gasteiger charge is -2.37. The summed E-state index contributed by atoms with van der Waals surface area (Å²) in [5.74, 6) is -0.975. The first-order chi connectivity index (χ1) is 7.02. The Bertz CT molecular complexity index is 231. The summed E-state index contributed by atoms with van der Waals surface area (Å²) in [4.78, 5) is 0. The summed E-state index contributed by atoms with van der Waals surface area (Å²) in [7, 11) is 0. The molecular weight excluding hydrogens is 207 g/mol. The van der Waals surface area contributed by atoms with Crippen LogP contribution in [0.15, 0.2) is 0 Å². The fraction of sp³-hybridized carbons (Fsp3) is 1.00. The van der Waals surface area contributed by atoms with Gasteiger partial charge in [-0.2, -0.15) is 13.2 Å². The molecule has 1 heterocycles. The van der Waals surface area contributed by atoms with Crippen LogP contribution >= 0.6 is 0 Å². The molecule has 0 radical (unpaired) electrons. The number of fused-ring (bicyclic) bond motifs is 1. The van der Waals surface area contributed by atoms with Crippen LogP contribution in [0.25, 0.3) is 0 Å². The van der Waals surface area contributed by atoms with Gasteiger partial charge in [0, 0.05) is 6.61 Å². The van der Waals surface area contributed by atoms with Crippen LogP contribution in [0, 0.1) is 17.8 Å². The lowest BCUT2D eigenvalue weighted by molar-refractivity contribution is -0.197. The molecule has 2 nitrogen and oxygen atoms in total. The highest BCUT2D eigenvalue weighted by Crippen LogP contribution is 2.46. The molecule has 0 aromatic carbocycles. The van der Waals surface area contributed by atoms with E-state index >= 15 is 0 Å². The minimum absolute atomic E-state index is 0.0159. The van der Waals surface area contributed by atoms with Crippen LogP contribution in [-0.4, -0.2) is 25.4 Å². The Morgan fingerprint density at radius 1 is 1.27 bits per heavy atom. The molecule has 2 N–H and O–H groups in total. The molecule has 0 aromatic heterocycles. The second-order valence-electron chi connectivity index (χ2n) is 4.57. The molecule has 1 aliphatic carbocycles. The molecule has 88 valence electrons. The van der Waals surface area contributed by atoms with Crippen LogP contribution in [0.3, 0.4) is 0 Å². The van der Waals surface area contributed by atoms with Crippen molar-refractivity contribution in [2.45, 2.75) is 31.5 Å². The first-order valence-electron chi connectivity index (χ1n) is 5.40. The number of hydrogen-bond donors (Lipinski definition) is 1. The molecule has 0 aromatic rings. The summed E-state index contributed by atoms with van der Waals surface area (Å²) in [6.45, 7) is 0.938. The summed E-state index contributed by atoms with van der Waals surface area (Å²) in [5, 5.41) is 0. The Kier molecular flexibility index (Phi) is 2.94. The van der Waals surface area contributed by atoms with E-state index in [2.05, 4.69) is 0 Å². The highest BCUT2D eigenvalue weighted by Gasteiger charge is 2.49. The molecule has 15 heavy (non-hydrogen) atoms. The minimum Gasteiger partial charge on any atom is -0.378 e. The minimum atomic E-state index is -4.09. The number of hydrogen-bond acceptors (Lipinski definition) is 2. The zero-order valence-electron chi connectivity index (χ0n) is 8.46. The summed E-state index contributed by atoms with van der Waals surface area (Å²) >= 11 is 0. The van der Waals surface area contributed by atoms with E-state index in [9.17, 15) is 13.2 Å². The lowest BCUT2D eigenvalue weighted by atomic mass is 9.72. The molecular formula is C10H16F3NO. The van der Waals surface area contributed by atoms with Crippen LogP contribution in [0.1, 0.15) is 19.3 Å². The van der Waals surface area contributed by atoms with Crippen LogP contribution in [-0.2, 0) is 4.74 Å². The van der Waals surface area contributed by atoms with Gasteiger partial charge in [-0.1, -0.05) is 0 Å². The fourth-order valence-corrected chi connectivity index (χ4v) is 2.90. The van der Waals surface area contributed by atoms with E-state index in [1.165, 1.54) is 0 Å². The van der Waals surface area contributed by atoms with Crippen molar-refractivity contribution < 1.29 is 17.9 Å². The molecule has 5 heteroatoms. The number of halogens is 3. The van der Waals surface area contributed by atoms with Gasteiger partial charge in [-0.05, 0) is 37.6 Å². The topological polar surface area (TPSA) is 35.2 Å². The van der Waals surface area contributed by atoms with Gasteiger partial charge in [0.15, 0.2) is 0 Å². The Labute approximate surface area is 87.0 Å². The highest BCUT2D eigenvalue weighted by molar-refractivity contribution is 4.92. The maximum Gasteiger partial charge on any atom is 0.391 e. The highest BCUT2D eigenvalue weighted by atomic mass is 19.4. The molecule has 0 spiro atoms. The van der Waals surface area contributed by atoms with E-state index in [1.54, 1.807) is 0 Å². The maximum atomic E-state index is 12.6. The van der Waals surface area contributed by atoms with Gasteiger partial charge in [-0.25, -0.2) is 0 Å². The van der Waals surface area contributed by atoms with E-state index in [-0.39, 0.29) is 30.8 Å². The van der Waals surface area contributed by atoms with Crippen molar-refractivity contribution in [3.8, 4) is 0 Å². The van der Waals surface area contributed by atoms with Gasteiger partial charge in [0.1, 0.15) is 0 Å². The van der Waals surface area contributed by atoms with Crippen molar-refractivity contribution in [1.29, 1.82) is 0 Å². The van der Waals surface area contributed by atoms with Crippen LogP contribution in [0.2, 0.25) is 0 Å². The molecule has 1 saturated heterocycles. The van der Waals surface area contributed by atoms with Crippen LogP contribution < -0.4 is 5.73 Å². The van der Waals surface area contributed by atoms with Gasteiger partial charge in [-0.3, -0.25) is 0 Å². The normalized spacial score (nSPS) is 41.6. The summed E-state index contributed by atoms with van der Waals surface area (Å²) < 4.78 is 43.2. The van der Waals surface area contributed by atoms with Crippen molar-refractivity contribution in [2.75, 3.05) is 13.2 Å². The molecule has 1 saturated carbocycles. The summed E-state index contributed by atoms with van der Waals surface area (Å²) in [5.41, 5.74) is 5.54. The third kappa shape index (κ3) is 2.13. The SMILES string of the molecule is NCC1CC(C(F)(F)F)CC2OCCC12. The Balaban J connectivity index is 2.08. The summed E-state index contributed by atoms with van der Waals surface area (Å²) in [6, 6.07) is 0. The van der Waals surface area contributed by atoms with Crippen molar-refractivity contribution in [1.82, 2.24) is 0 Å². The second-order valence-corrected chi connectivity index (χ2v) is 4.57. The first kappa shape index (κ1) is 11.2. The second kappa shape index (κ2) is 3.94. The smallest absolute Gasteiger partial charge is 0.378 e. The molecule has 2 aliphatic rings. The van der Waals surface area contributed by atoms with E-state index in [4.69, 9.17) is 10.5 Å². The largest absolute Gasteiger partial charge is 0.391 e. The lowest BCUT2D eigenvalue weighted by Crippen LogP contribution is -2.42. The monoisotopic (exact) mass is 223 g/mol. The zero-order valence-corrected chi connectivity index (χ0v) is 8.46. The van der Waals surface area contributed by atoms with E-state index in [1.807, 2.05) is 0 Å². The van der Waals surface area contributed by atoms with Crippen molar-refractivity contribution in [2.24, 2.45) is 23.5 Å².